The SMILES string of the molecule is CCN(O)Cc1nnnn1C1CCCCC1. The van der Waals surface area contributed by atoms with Gasteiger partial charge in [0.25, 0.3) is 0 Å². The lowest BCUT2D eigenvalue weighted by Crippen LogP contribution is -2.23. The zero-order chi connectivity index (χ0) is 11.4. The number of aromatic nitrogens is 4. The van der Waals surface area contributed by atoms with Crippen molar-refractivity contribution in [1.29, 1.82) is 0 Å². The summed E-state index contributed by atoms with van der Waals surface area (Å²) in [5, 5.41) is 22.4. The Morgan fingerprint density at radius 3 is 2.81 bits per heavy atom. The van der Waals surface area contributed by atoms with E-state index in [-0.39, 0.29) is 0 Å². The molecule has 2 rings (SSSR count). The molecular formula is C10H19N5O. The van der Waals surface area contributed by atoms with Gasteiger partial charge in [0.15, 0.2) is 5.82 Å². The molecule has 0 bridgehead atoms. The zero-order valence-corrected chi connectivity index (χ0v) is 9.71. The van der Waals surface area contributed by atoms with Crippen LogP contribution in [-0.2, 0) is 6.54 Å². The number of hydrogen-bond acceptors (Lipinski definition) is 5. The summed E-state index contributed by atoms with van der Waals surface area (Å²) in [7, 11) is 0. The molecule has 1 aromatic rings. The van der Waals surface area contributed by atoms with Gasteiger partial charge in [-0.15, -0.1) is 5.10 Å². The van der Waals surface area contributed by atoms with Crippen molar-refractivity contribution in [3.8, 4) is 0 Å². The normalized spacial score (nSPS) is 18.2. The summed E-state index contributed by atoms with van der Waals surface area (Å²) >= 11 is 0. The van der Waals surface area contributed by atoms with Gasteiger partial charge in [-0.1, -0.05) is 26.2 Å². The van der Waals surface area contributed by atoms with Gasteiger partial charge in [-0.25, -0.2) is 4.68 Å². The van der Waals surface area contributed by atoms with Gasteiger partial charge in [0, 0.05) is 6.54 Å². The Hall–Kier alpha value is -1.01. The van der Waals surface area contributed by atoms with Crippen LogP contribution in [0.25, 0.3) is 0 Å². The minimum atomic E-state index is 0.403. The van der Waals surface area contributed by atoms with Gasteiger partial charge < -0.3 is 5.21 Å². The molecule has 1 heterocycles. The molecule has 1 aliphatic carbocycles. The van der Waals surface area contributed by atoms with E-state index in [0.29, 0.717) is 19.1 Å². The van der Waals surface area contributed by atoms with Gasteiger partial charge in [-0.05, 0) is 23.3 Å². The lowest BCUT2D eigenvalue weighted by Gasteiger charge is -2.23. The van der Waals surface area contributed by atoms with Crippen LogP contribution in [-0.4, -0.2) is 37.0 Å². The fourth-order valence-corrected chi connectivity index (χ4v) is 2.20. The smallest absolute Gasteiger partial charge is 0.167 e. The molecule has 0 aliphatic heterocycles. The number of hydroxylamine groups is 2. The van der Waals surface area contributed by atoms with Crippen LogP contribution in [0.4, 0.5) is 0 Å². The highest BCUT2D eigenvalue weighted by Crippen LogP contribution is 2.27. The first-order valence-electron chi connectivity index (χ1n) is 6.02. The quantitative estimate of drug-likeness (QED) is 0.784. The van der Waals surface area contributed by atoms with Crippen LogP contribution in [0.2, 0.25) is 0 Å². The van der Waals surface area contributed by atoms with Crippen molar-refractivity contribution in [2.75, 3.05) is 6.54 Å². The van der Waals surface area contributed by atoms with E-state index in [2.05, 4.69) is 15.5 Å². The van der Waals surface area contributed by atoms with Crippen molar-refractivity contribution in [1.82, 2.24) is 25.3 Å². The summed E-state index contributed by atoms with van der Waals surface area (Å²) in [6, 6.07) is 0.420. The molecule has 0 saturated heterocycles. The molecule has 0 unspecified atom stereocenters. The van der Waals surface area contributed by atoms with Gasteiger partial charge in [-0.3, -0.25) is 0 Å². The molecule has 1 fully saturated rings. The van der Waals surface area contributed by atoms with Crippen LogP contribution in [0.1, 0.15) is 50.9 Å². The van der Waals surface area contributed by atoms with Crippen LogP contribution < -0.4 is 0 Å². The second-order valence-corrected chi connectivity index (χ2v) is 4.31. The monoisotopic (exact) mass is 225 g/mol. The van der Waals surface area contributed by atoms with E-state index < -0.39 is 0 Å². The molecule has 1 aromatic heterocycles. The fourth-order valence-electron chi connectivity index (χ4n) is 2.20. The minimum absolute atomic E-state index is 0.403. The van der Waals surface area contributed by atoms with E-state index >= 15 is 0 Å². The van der Waals surface area contributed by atoms with Gasteiger partial charge >= 0.3 is 0 Å². The number of rotatable bonds is 4. The molecular weight excluding hydrogens is 206 g/mol. The van der Waals surface area contributed by atoms with Crippen molar-refractivity contribution in [3.05, 3.63) is 5.82 Å². The number of tetrazole rings is 1. The summed E-state index contributed by atoms with van der Waals surface area (Å²) in [4.78, 5) is 0. The zero-order valence-electron chi connectivity index (χ0n) is 9.71. The standard InChI is InChI=1S/C10H19N5O/c1-2-14(16)8-10-11-12-13-15(10)9-6-4-3-5-7-9/h9,16H,2-8H2,1H3. The highest BCUT2D eigenvalue weighted by molar-refractivity contribution is 4.84. The van der Waals surface area contributed by atoms with E-state index in [1.165, 1.54) is 24.3 Å². The molecule has 0 spiro atoms. The van der Waals surface area contributed by atoms with Gasteiger partial charge in [-0.2, -0.15) is 5.06 Å². The van der Waals surface area contributed by atoms with Gasteiger partial charge in [0.2, 0.25) is 0 Å². The third-order valence-corrected chi connectivity index (χ3v) is 3.17. The number of nitrogens with zero attached hydrogens (tertiary/aromatic N) is 5. The highest BCUT2D eigenvalue weighted by atomic mass is 16.5. The Kier molecular flexibility index (Phi) is 3.84. The molecule has 1 N–H and O–H groups in total. The lowest BCUT2D eigenvalue weighted by atomic mass is 9.95. The van der Waals surface area contributed by atoms with Crippen LogP contribution in [0.3, 0.4) is 0 Å². The second-order valence-electron chi connectivity index (χ2n) is 4.31. The molecule has 0 atom stereocenters. The first-order chi connectivity index (χ1) is 7.81. The van der Waals surface area contributed by atoms with Crippen molar-refractivity contribution >= 4 is 0 Å². The van der Waals surface area contributed by atoms with E-state index in [1.807, 2.05) is 11.6 Å². The Bertz CT molecular complexity index is 321. The van der Waals surface area contributed by atoms with E-state index in [9.17, 15) is 5.21 Å². The van der Waals surface area contributed by atoms with Crippen LogP contribution in [0.5, 0.6) is 0 Å². The van der Waals surface area contributed by atoms with E-state index in [0.717, 1.165) is 18.7 Å². The topological polar surface area (TPSA) is 67.1 Å². The summed E-state index contributed by atoms with van der Waals surface area (Å²) in [5.41, 5.74) is 0. The number of hydrogen-bond donors (Lipinski definition) is 1. The molecule has 6 heteroatoms. The largest absolute Gasteiger partial charge is 0.314 e. The molecule has 1 aliphatic rings. The summed E-state index contributed by atoms with van der Waals surface area (Å²) in [6.45, 7) is 2.88. The van der Waals surface area contributed by atoms with Crippen molar-refractivity contribution in [3.63, 3.8) is 0 Å². The first kappa shape index (κ1) is 11.5. The van der Waals surface area contributed by atoms with E-state index in [1.54, 1.807) is 0 Å². The van der Waals surface area contributed by atoms with Gasteiger partial charge in [0.05, 0.1) is 12.6 Å². The maximum Gasteiger partial charge on any atom is 0.167 e. The van der Waals surface area contributed by atoms with Crippen LogP contribution >= 0.6 is 0 Å². The van der Waals surface area contributed by atoms with Crippen molar-refractivity contribution < 1.29 is 5.21 Å². The minimum Gasteiger partial charge on any atom is -0.314 e. The van der Waals surface area contributed by atoms with Crippen molar-refractivity contribution in [2.45, 2.75) is 51.6 Å². The molecule has 0 radical (unpaired) electrons. The summed E-state index contributed by atoms with van der Waals surface area (Å²) < 4.78 is 1.89. The predicted molar refractivity (Wildman–Crippen MR) is 57.8 cm³/mol. The predicted octanol–water partition coefficient (Wildman–Crippen LogP) is 1.39. The summed E-state index contributed by atoms with van der Waals surface area (Å²) in [6.07, 6.45) is 6.11. The molecule has 0 amide bonds. The molecule has 0 aromatic carbocycles. The Morgan fingerprint density at radius 2 is 2.12 bits per heavy atom. The van der Waals surface area contributed by atoms with Crippen LogP contribution in [0.15, 0.2) is 0 Å². The Labute approximate surface area is 95.2 Å². The third-order valence-electron chi connectivity index (χ3n) is 3.17. The lowest BCUT2D eigenvalue weighted by molar-refractivity contribution is -0.0975. The van der Waals surface area contributed by atoms with Crippen LogP contribution in [0, 0.1) is 0 Å². The average molecular weight is 225 g/mol. The molecule has 90 valence electrons. The Balaban J connectivity index is 2.05. The summed E-state index contributed by atoms with van der Waals surface area (Å²) in [5.74, 6) is 0.760. The third kappa shape index (κ3) is 2.56. The van der Waals surface area contributed by atoms with Gasteiger partial charge in [0.1, 0.15) is 0 Å². The van der Waals surface area contributed by atoms with E-state index in [4.69, 9.17) is 0 Å². The van der Waals surface area contributed by atoms with Crippen molar-refractivity contribution in [2.24, 2.45) is 0 Å². The molecule has 16 heavy (non-hydrogen) atoms. The Morgan fingerprint density at radius 1 is 1.38 bits per heavy atom. The maximum atomic E-state index is 9.48. The molecule has 1 saturated carbocycles. The second kappa shape index (κ2) is 5.36. The first-order valence-corrected chi connectivity index (χ1v) is 6.02. The molecule has 6 nitrogen and oxygen atoms in total. The fraction of sp³-hybridized carbons (Fsp3) is 0.900. The average Bonchev–Trinajstić information content (AvgIpc) is 2.78. The highest BCUT2D eigenvalue weighted by Gasteiger charge is 2.20. The maximum absolute atomic E-state index is 9.48.